The highest BCUT2D eigenvalue weighted by molar-refractivity contribution is 7.09. The number of aromatic amines is 1. The molecule has 0 aliphatic heterocycles. The van der Waals surface area contributed by atoms with Gasteiger partial charge < -0.3 is 15.4 Å². The van der Waals surface area contributed by atoms with Crippen LogP contribution in [0.1, 0.15) is 35.2 Å². The highest BCUT2D eigenvalue weighted by Crippen LogP contribution is 2.42. The van der Waals surface area contributed by atoms with Crippen LogP contribution in [0.5, 0.6) is 0 Å². The van der Waals surface area contributed by atoms with Gasteiger partial charge in [-0.1, -0.05) is 25.1 Å². The highest BCUT2D eigenvalue weighted by Gasteiger charge is 2.58. The molecule has 3 rings (SSSR count). The van der Waals surface area contributed by atoms with Gasteiger partial charge in [0.1, 0.15) is 5.01 Å². The second-order valence-corrected chi connectivity index (χ2v) is 7.79. The van der Waals surface area contributed by atoms with Crippen molar-refractivity contribution in [3.05, 3.63) is 51.6 Å². The van der Waals surface area contributed by atoms with Crippen LogP contribution in [0, 0.1) is 6.92 Å². The summed E-state index contributed by atoms with van der Waals surface area (Å²) in [5.74, 6) is -0.883. The number of hydrogen-bond acceptors (Lipinski definition) is 4. The lowest BCUT2D eigenvalue weighted by molar-refractivity contribution is -0.267. The normalized spacial score (nSPS) is 14.1. The Bertz CT molecular complexity index is 1010. The number of aliphatic hydroxyl groups is 1. The Kier molecular flexibility index (Phi) is 6.00. The standard InChI is InChI=1S/C20H22F3N3O2S/c1-3-13-5-4-6-15-14(10-25-17(13)15)7-8-24-16(27)9-19(28,20(21,22)23)18-26-12(2)11-29-18/h4-6,10-11,25,28H,3,7-9H2,1-2H3,(H,24,27). The van der Waals surface area contributed by atoms with Crippen molar-refractivity contribution in [1.29, 1.82) is 0 Å². The Morgan fingerprint density at radius 1 is 1.31 bits per heavy atom. The number of carbonyl (C=O) groups excluding carboxylic acids is 1. The third-order valence-electron chi connectivity index (χ3n) is 4.84. The molecule has 0 spiro atoms. The third-order valence-corrected chi connectivity index (χ3v) is 5.95. The van der Waals surface area contributed by atoms with Gasteiger partial charge in [-0.25, -0.2) is 4.98 Å². The van der Waals surface area contributed by atoms with Gasteiger partial charge in [0.15, 0.2) is 0 Å². The average molecular weight is 425 g/mol. The summed E-state index contributed by atoms with van der Waals surface area (Å²) < 4.78 is 40.5. The second-order valence-electron chi connectivity index (χ2n) is 6.94. The van der Waals surface area contributed by atoms with Crippen LogP contribution in [0.25, 0.3) is 10.9 Å². The number of amides is 1. The number of H-pyrrole nitrogens is 1. The lowest BCUT2D eigenvalue weighted by Gasteiger charge is -2.27. The van der Waals surface area contributed by atoms with Gasteiger partial charge in [-0.15, -0.1) is 11.3 Å². The first-order valence-corrected chi connectivity index (χ1v) is 10.1. The number of hydrogen-bond donors (Lipinski definition) is 3. The summed E-state index contributed by atoms with van der Waals surface area (Å²) >= 11 is 0.687. The molecule has 3 N–H and O–H groups in total. The van der Waals surface area contributed by atoms with Gasteiger partial charge in [-0.05, 0) is 30.9 Å². The van der Waals surface area contributed by atoms with Crippen molar-refractivity contribution in [2.75, 3.05) is 6.54 Å². The smallest absolute Gasteiger partial charge is 0.374 e. The molecule has 3 aromatic rings. The molecule has 0 aliphatic carbocycles. The average Bonchev–Trinajstić information content (AvgIpc) is 3.27. The van der Waals surface area contributed by atoms with E-state index in [1.54, 1.807) is 0 Å². The van der Waals surface area contributed by atoms with Crippen molar-refractivity contribution in [2.24, 2.45) is 0 Å². The minimum atomic E-state index is -5.01. The molecule has 0 fully saturated rings. The van der Waals surface area contributed by atoms with Crippen LogP contribution in [0.3, 0.4) is 0 Å². The largest absolute Gasteiger partial charge is 0.424 e. The molecular formula is C20H22F3N3O2S. The van der Waals surface area contributed by atoms with E-state index in [4.69, 9.17) is 0 Å². The van der Waals surface area contributed by atoms with E-state index in [0.717, 1.165) is 22.9 Å². The van der Waals surface area contributed by atoms with E-state index in [2.05, 4.69) is 22.2 Å². The first-order valence-electron chi connectivity index (χ1n) is 9.22. The van der Waals surface area contributed by atoms with Gasteiger partial charge in [-0.3, -0.25) is 4.79 Å². The zero-order valence-electron chi connectivity index (χ0n) is 16.1. The monoisotopic (exact) mass is 425 g/mol. The maximum absolute atomic E-state index is 13.5. The molecule has 2 heterocycles. The van der Waals surface area contributed by atoms with Crippen molar-refractivity contribution < 1.29 is 23.1 Å². The van der Waals surface area contributed by atoms with Crippen molar-refractivity contribution >= 4 is 28.1 Å². The maximum atomic E-state index is 13.5. The zero-order valence-corrected chi connectivity index (χ0v) is 16.9. The van der Waals surface area contributed by atoms with Crippen molar-refractivity contribution in [2.45, 2.75) is 44.9 Å². The molecule has 1 amide bonds. The minimum absolute atomic E-state index is 0.160. The van der Waals surface area contributed by atoms with Gasteiger partial charge in [0.05, 0.1) is 6.42 Å². The van der Waals surface area contributed by atoms with E-state index in [-0.39, 0.29) is 6.54 Å². The van der Waals surface area contributed by atoms with E-state index in [0.29, 0.717) is 23.5 Å². The number of fused-ring (bicyclic) bond motifs is 1. The highest BCUT2D eigenvalue weighted by atomic mass is 32.1. The number of aryl methyl sites for hydroxylation is 2. The van der Waals surface area contributed by atoms with E-state index in [9.17, 15) is 23.1 Å². The molecule has 2 aromatic heterocycles. The Balaban J connectivity index is 1.66. The molecule has 29 heavy (non-hydrogen) atoms. The fraction of sp³-hybridized carbons (Fsp3) is 0.400. The molecule has 0 saturated heterocycles. The van der Waals surface area contributed by atoms with Crippen LogP contribution < -0.4 is 5.32 Å². The quantitative estimate of drug-likeness (QED) is 0.536. The fourth-order valence-corrected chi connectivity index (χ4v) is 4.16. The summed E-state index contributed by atoms with van der Waals surface area (Å²) in [4.78, 5) is 19.1. The molecule has 1 aromatic carbocycles. The number of aromatic nitrogens is 2. The van der Waals surface area contributed by atoms with E-state index >= 15 is 0 Å². The number of para-hydroxylation sites is 1. The molecule has 0 aliphatic rings. The third kappa shape index (κ3) is 4.30. The molecule has 0 saturated carbocycles. The number of halogens is 3. The van der Waals surface area contributed by atoms with Crippen molar-refractivity contribution in [1.82, 2.24) is 15.3 Å². The Hall–Kier alpha value is -2.39. The van der Waals surface area contributed by atoms with Gasteiger partial charge in [0.25, 0.3) is 0 Å². The Labute approximate surface area is 170 Å². The van der Waals surface area contributed by atoms with E-state index < -0.39 is 29.1 Å². The van der Waals surface area contributed by atoms with Crippen LogP contribution in [0.4, 0.5) is 13.2 Å². The summed E-state index contributed by atoms with van der Waals surface area (Å²) in [6.45, 7) is 3.75. The number of nitrogens with one attached hydrogen (secondary N) is 2. The van der Waals surface area contributed by atoms with Crippen LogP contribution in [0.15, 0.2) is 29.8 Å². The van der Waals surface area contributed by atoms with Crippen molar-refractivity contribution in [3.63, 3.8) is 0 Å². The topological polar surface area (TPSA) is 78.0 Å². The van der Waals surface area contributed by atoms with Gasteiger partial charge in [0, 0.05) is 34.7 Å². The molecule has 1 unspecified atom stereocenters. The summed E-state index contributed by atoms with van der Waals surface area (Å²) in [7, 11) is 0. The molecule has 5 nitrogen and oxygen atoms in total. The number of nitrogens with zero attached hydrogens (tertiary/aromatic N) is 1. The first kappa shape index (κ1) is 21.3. The van der Waals surface area contributed by atoms with Crippen LogP contribution in [0.2, 0.25) is 0 Å². The van der Waals surface area contributed by atoms with Gasteiger partial charge >= 0.3 is 6.18 Å². The first-order chi connectivity index (χ1) is 13.7. The minimum Gasteiger partial charge on any atom is -0.374 e. The molecular weight excluding hydrogens is 403 g/mol. The number of thiazole rings is 1. The second kappa shape index (κ2) is 8.16. The maximum Gasteiger partial charge on any atom is 0.424 e. The van der Waals surface area contributed by atoms with Crippen LogP contribution in [-0.4, -0.2) is 33.7 Å². The predicted molar refractivity (Wildman–Crippen MR) is 106 cm³/mol. The van der Waals surface area contributed by atoms with E-state index in [1.165, 1.54) is 17.9 Å². The van der Waals surface area contributed by atoms with Crippen LogP contribution >= 0.6 is 11.3 Å². The van der Waals surface area contributed by atoms with Gasteiger partial charge in [-0.2, -0.15) is 13.2 Å². The number of rotatable bonds is 7. The summed E-state index contributed by atoms with van der Waals surface area (Å²) in [6, 6.07) is 5.95. The van der Waals surface area contributed by atoms with Gasteiger partial charge in [0.2, 0.25) is 11.5 Å². The Morgan fingerprint density at radius 3 is 2.69 bits per heavy atom. The molecule has 9 heteroatoms. The predicted octanol–water partition coefficient (Wildman–Crippen LogP) is 3.99. The number of benzene rings is 1. The summed E-state index contributed by atoms with van der Waals surface area (Å²) in [5.41, 5.74) is 0.233. The zero-order chi connectivity index (χ0) is 21.2. The van der Waals surface area contributed by atoms with Crippen LogP contribution in [-0.2, 0) is 23.2 Å². The SMILES string of the molecule is CCc1cccc2c(CCNC(=O)CC(O)(c3nc(C)cs3)C(F)(F)F)c[nH]c12. The Morgan fingerprint density at radius 2 is 2.07 bits per heavy atom. The lowest BCUT2D eigenvalue weighted by atomic mass is 9.99. The molecule has 0 bridgehead atoms. The fourth-order valence-electron chi connectivity index (χ4n) is 3.25. The number of carbonyl (C=O) groups is 1. The summed E-state index contributed by atoms with van der Waals surface area (Å²) in [6.07, 6.45) is -2.96. The molecule has 156 valence electrons. The van der Waals surface area contributed by atoms with Crippen molar-refractivity contribution in [3.8, 4) is 0 Å². The molecule has 1 atom stereocenters. The lowest BCUT2D eigenvalue weighted by Crippen LogP contribution is -2.46. The summed E-state index contributed by atoms with van der Waals surface area (Å²) in [5, 5.41) is 14.6. The number of alkyl halides is 3. The molecule has 0 radical (unpaired) electrons. The van der Waals surface area contributed by atoms with E-state index in [1.807, 2.05) is 24.4 Å².